The molecule has 5 nitrogen and oxygen atoms in total. The molecule has 0 spiro atoms. The molecule has 2 aliphatic rings. The van der Waals surface area contributed by atoms with E-state index in [1.54, 1.807) is 0 Å². The van der Waals surface area contributed by atoms with Gasteiger partial charge in [0.1, 0.15) is 0 Å². The largest absolute Gasteiger partial charge is 0.481 e. The molecule has 6 heteroatoms. The van der Waals surface area contributed by atoms with Gasteiger partial charge in [-0.05, 0) is 38.4 Å². The van der Waals surface area contributed by atoms with Crippen molar-refractivity contribution in [3.8, 4) is 0 Å². The van der Waals surface area contributed by atoms with E-state index in [0.717, 1.165) is 32.4 Å². The summed E-state index contributed by atoms with van der Waals surface area (Å²) >= 11 is 1.82. The number of hydrogen-bond acceptors (Lipinski definition) is 3. The number of carbonyl (C=O) groups excluding carboxylic acids is 1. The molecule has 2 N–H and O–H groups in total. The Kier molecular flexibility index (Phi) is 4.96. The Morgan fingerprint density at radius 2 is 1.89 bits per heavy atom. The quantitative estimate of drug-likeness (QED) is 0.829. The second-order valence-electron chi connectivity index (χ2n) is 5.43. The standard InChI is InChI=1S/C13H22N2O3S/c1-19-11-6-7-15(8-11)13(18)14-10-4-2-9(3-5-10)12(16)17/h9-11H,2-8H2,1H3,(H,14,18)(H,16,17). The van der Waals surface area contributed by atoms with Gasteiger partial charge in [0.15, 0.2) is 0 Å². The highest BCUT2D eigenvalue weighted by atomic mass is 32.2. The molecule has 1 aliphatic carbocycles. The van der Waals surface area contributed by atoms with E-state index in [9.17, 15) is 9.59 Å². The summed E-state index contributed by atoms with van der Waals surface area (Å²) in [7, 11) is 0. The van der Waals surface area contributed by atoms with Crippen molar-refractivity contribution in [3.63, 3.8) is 0 Å². The molecule has 2 fully saturated rings. The lowest BCUT2D eigenvalue weighted by molar-refractivity contribution is -0.142. The van der Waals surface area contributed by atoms with Gasteiger partial charge in [-0.2, -0.15) is 11.8 Å². The van der Waals surface area contributed by atoms with Crippen molar-refractivity contribution in [1.82, 2.24) is 10.2 Å². The van der Waals surface area contributed by atoms with Crippen LogP contribution in [0, 0.1) is 5.92 Å². The van der Waals surface area contributed by atoms with Gasteiger partial charge < -0.3 is 15.3 Å². The predicted molar refractivity (Wildman–Crippen MR) is 75.4 cm³/mol. The number of thioether (sulfide) groups is 1. The lowest BCUT2D eigenvalue weighted by Crippen LogP contribution is -2.45. The van der Waals surface area contributed by atoms with Gasteiger partial charge in [-0.3, -0.25) is 4.79 Å². The van der Waals surface area contributed by atoms with Crippen LogP contribution in [0.1, 0.15) is 32.1 Å². The summed E-state index contributed by atoms with van der Waals surface area (Å²) in [6.45, 7) is 1.67. The van der Waals surface area contributed by atoms with E-state index in [-0.39, 0.29) is 18.0 Å². The highest BCUT2D eigenvalue weighted by Gasteiger charge is 2.30. The molecule has 0 radical (unpaired) electrons. The van der Waals surface area contributed by atoms with E-state index in [1.807, 2.05) is 16.7 Å². The van der Waals surface area contributed by atoms with Gasteiger partial charge in [-0.1, -0.05) is 0 Å². The average molecular weight is 286 g/mol. The molecule has 0 aromatic rings. The lowest BCUT2D eigenvalue weighted by Gasteiger charge is -2.28. The zero-order valence-electron chi connectivity index (χ0n) is 11.3. The first-order chi connectivity index (χ1) is 9.10. The summed E-state index contributed by atoms with van der Waals surface area (Å²) in [5.41, 5.74) is 0. The number of nitrogens with one attached hydrogen (secondary N) is 1. The SMILES string of the molecule is CSC1CCN(C(=O)NC2CCC(C(=O)O)CC2)C1. The van der Waals surface area contributed by atoms with Crippen LogP contribution in [0.4, 0.5) is 4.79 Å². The van der Waals surface area contributed by atoms with Gasteiger partial charge in [0.25, 0.3) is 0 Å². The third kappa shape index (κ3) is 3.78. The average Bonchev–Trinajstić information content (AvgIpc) is 2.88. The Labute approximate surface area is 118 Å². The van der Waals surface area contributed by atoms with Crippen LogP contribution in [0.25, 0.3) is 0 Å². The first kappa shape index (κ1) is 14.5. The fourth-order valence-corrected chi connectivity index (χ4v) is 3.53. The molecule has 2 amide bonds. The molecule has 0 aromatic heterocycles. The lowest BCUT2D eigenvalue weighted by atomic mass is 9.86. The third-order valence-corrected chi connectivity index (χ3v) is 5.22. The van der Waals surface area contributed by atoms with Crippen LogP contribution in [0.2, 0.25) is 0 Å². The van der Waals surface area contributed by atoms with E-state index >= 15 is 0 Å². The second kappa shape index (κ2) is 6.50. The fourth-order valence-electron chi connectivity index (χ4n) is 2.86. The Morgan fingerprint density at radius 1 is 1.21 bits per heavy atom. The first-order valence-corrected chi connectivity index (χ1v) is 8.20. The summed E-state index contributed by atoms with van der Waals surface area (Å²) in [5, 5.41) is 12.6. The topological polar surface area (TPSA) is 69.6 Å². The van der Waals surface area contributed by atoms with Gasteiger partial charge in [-0.15, -0.1) is 0 Å². The number of hydrogen-bond donors (Lipinski definition) is 2. The minimum absolute atomic E-state index is 0.0234. The van der Waals surface area contributed by atoms with Crippen molar-refractivity contribution in [3.05, 3.63) is 0 Å². The smallest absolute Gasteiger partial charge is 0.317 e. The number of rotatable bonds is 3. The van der Waals surface area contributed by atoms with Crippen molar-refractivity contribution in [2.75, 3.05) is 19.3 Å². The maximum Gasteiger partial charge on any atom is 0.317 e. The summed E-state index contributed by atoms with van der Waals surface area (Å²) in [6, 6.07) is 0.173. The molecule has 19 heavy (non-hydrogen) atoms. The summed E-state index contributed by atoms with van der Waals surface area (Å²) < 4.78 is 0. The summed E-state index contributed by atoms with van der Waals surface area (Å²) in [6.07, 6.45) is 6.06. The van der Waals surface area contributed by atoms with Gasteiger partial charge in [0.05, 0.1) is 5.92 Å². The molecule has 1 saturated carbocycles. The normalized spacial score (nSPS) is 31.2. The highest BCUT2D eigenvalue weighted by molar-refractivity contribution is 7.99. The van der Waals surface area contributed by atoms with Crippen LogP contribution < -0.4 is 5.32 Å². The summed E-state index contributed by atoms with van der Waals surface area (Å²) in [5.74, 6) is -0.923. The molecule has 2 rings (SSSR count). The van der Waals surface area contributed by atoms with Gasteiger partial charge in [0.2, 0.25) is 0 Å². The molecule has 1 aliphatic heterocycles. The summed E-state index contributed by atoms with van der Waals surface area (Å²) in [4.78, 5) is 24.8. The number of nitrogens with zero attached hydrogens (tertiary/aromatic N) is 1. The molecule has 1 heterocycles. The number of urea groups is 1. The van der Waals surface area contributed by atoms with E-state index in [4.69, 9.17) is 5.11 Å². The Morgan fingerprint density at radius 3 is 2.42 bits per heavy atom. The molecular weight excluding hydrogens is 264 g/mol. The van der Waals surface area contributed by atoms with Crippen molar-refractivity contribution in [1.29, 1.82) is 0 Å². The van der Waals surface area contributed by atoms with Crippen LogP contribution in [0.15, 0.2) is 0 Å². The number of carboxylic acid groups (broad SMARTS) is 1. The molecule has 1 unspecified atom stereocenters. The molecule has 1 saturated heterocycles. The van der Waals surface area contributed by atoms with E-state index in [1.165, 1.54) is 0 Å². The fraction of sp³-hybridized carbons (Fsp3) is 0.846. The van der Waals surface area contributed by atoms with Crippen molar-refractivity contribution in [2.45, 2.75) is 43.4 Å². The monoisotopic (exact) mass is 286 g/mol. The molecule has 1 atom stereocenters. The van der Waals surface area contributed by atoms with Crippen LogP contribution in [0.3, 0.4) is 0 Å². The number of carbonyl (C=O) groups is 2. The number of likely N-dealkylation sites (tertiary alicyclic amines) is 1. The predicted octanol–water partition coefficient (Wildman–Crippen LogP) is 1.78. The minimum Gasteiger partial charge on any atom is -0.481 e. The first-order valence-electron chi connectivity index (χ1n) is 6.91. The van der Waals surface area contributed by atoms with Crippen LogP contribution in [-0.2, 0) is 4.79 Å². The molecule has 108 valence electrons. The Hall–Kier alpha value is -0.910. The van der Waals surface area contributed by atoms with Gasteiger partial charge >= 0.3 is 12.0 Å². The highest BCUT2D eigenvalue weighted by Crippen LogP contribution is 2.25. The second-order valence-corrected chi connectivity index (χ2v) is 6.57. The maximum atomic E-state index is 12.1. The van der Waals surface area contributed by atoms with E-state index in [2.05, 4.69) is 11.6 Å². The maximum absolute atomic E-state index is 12.1. The van der Waals surface area contributed by atoms with E-state index in [0.29, 0.717) is 18.1 Å². The molecular formula is C13H22N2O3S. The zero-order chi connectivity index (χ0) is 13.8. The minimum atomic E-state index is -0.702. The van der Waals surface area contributed by atoms with Gasteiger partial charge in [0, 0.05) is 24.4 Å². The van der Waals surface area contributed by atoms with Gasteiger partial charge in [-0.25, -0.2) is 4.79 Å². The van der Waals surface area contributed by atoms with Crippen molar-refractivity contribution >= 4 is 23.8 Å². The van der Waals surface area contributed by atoms with Crippen LogP contribution in [-0.4, -0.2) is 52.6 Å². The van der Waals surface area contributed by atoms with Crippen LogP contribution >= 0.6 is 11.8 Å². The Bertz CT molecular complexity index is 343. The van der Waals surface area contributed by atoms with E-state index < -0.39 is 5.97 Å². The zero-order valence-corrected chi connectivity index (χ0v) is 12.1. The molecule has 0 aromatic carbocycles. The number of carboxylic acids is 1. The van der Waals surface area contributed by atoms with Crippen molar-refractivity contribution in [2.24, 2.45) is 5.92 Å². The Balaban J connectivity index is 1.73. The van der Waals surface area contributed by atoms with Crippen molar-refractivity contribution < 1.29 is 14.7 Å². The number of aliphatic carboxylic acids is 1. The third-order valence-electron chi connectivity index (χ3n) is 4.17. The number of amides is 2. The van der Waals surface area contributed by atoms with Crippen LogP contribution in [0.5, 0.6) is 0 Å². The molecule has 0 bridgehead atoms.